The molecule has 2 unspecified atom stereocenters. The second kappa shape index (κ2) is 11.2. The summed E-state index contributed by atoms with van der Waals surface area (Å²) in [6.07, 6.45) is 3.87. The summed E-state index contributed by atoms with van der Waals surface area (Å²) in [7, 11) is 1.91. The fraction of sp³-hybridized carbons (Fsp3) is 0.520. The highest BCUT2D eigenvalue weighted by Crippen LogP contribution is 2.36. The van der Waals surface area contributed by atoms with Gasteiger partial charge in [0.2, 0.25) is 11.8 Å². The first kappa shape index (κ1) is 26.7. The molecule has 1 aromatic heterocycles. The van der Waals surface area contributed by atoms with Crippen LogP contribution in [0.5, 0.6) is 11.8 Å². The molecule has 10 heteroatoms. The van der Waals surface area contributed by atoms with E-state index in [0.29, 0.717) is 48.5 Å². The molecule has 2 fully saturated rings. The van der Waals surface area contributed by atoms with E-state index in [-0.39, 0.29) is 46.1 Å². The third kappa shape index (κ3) is 6.40. The number of hydrogen-bond acceptors (Lipinski definition) is 8. The van der Waals surface area contributed by atoms with Gasteiger partial charge < -0.3 is 18.9 Å². The molecule has 3 rings (SSSR count). The maximum atomic E-state index is 12.8. The molecule has 1 amide bonds. The average molecular weight is 504 g/mol. The number of amides is 1. The van der Waals surface area contributed by atoms with Gasteiger partial charge in [0.05, 0.1) is 61.9 Å². The van der Waals surface area contributed by atoms with E-state index < -0.39 is 0 Å². The summed E-state index contributed by atoms with van der Waals surface area (Å²) in [6, 6.07) is 1.94. The number of nitriles is 1. The predicted molar refractivity (Wildman–Crippen MR) is 130 cm³/mol. The van der Waals surface area contributed by atoms with Crippen molar-refractivity contribution in [2.24, 2.45) is 11.8 Å². The molecule has 0 spiro atoms. The van der Waals surface area contributed by atoms with Gasteiger partial charge >= 0.3 is 6.09 Å². The number of halogens is 1. The lowest BCUT2D eigenvalue weighted by Gasteiger charge is -2.48. The Labute approximate surface area is 211 Å². The van der Waals surface area contributed by atoms with Crippen molar-refractivity contribution in [2.45, 2.75) is 39.9 Å². The van der Waals surface area contributed by atoms with E-state index in [4.69, 9.17) is 35.8 Å². The smallest absolute Gasteiger partial charge is 0.473 e. The predicted octanol–water partition coefficient (Wildman–Crippen LogP) is 4.29. The molecule has 188 valence electrons. The maximum absolute atomic E-state index is 12.8. The third-order valence-electron chi connectivity index (χ3n) is 6.01. The lowest BCUT2D eigenvalue weighted by atomic mass is 9.83. The van der Waals surface area contributed by atoms with Crippen LogP contribution in [0.15, 0.2) is 41.4 Å². The van der Waals surface area contributed by atoms with E-state index in [9.17, 15) is 4.79 Å². The van der Waals surface area contributed by atoms with E-state index in [1.54, 1.807) is 19.9 Å². The fourth-order valence-corrected chi connectivity index (χ4v) is 4.45. The van der Waals surface area contributed by atoms with Crippen molar-refractivity contribution >= 4 is 17.7 Å². The molecule has 0 N–H and O–H groups in total. The summed E-state index contributed by atoms with van der Waals surface area (Å²) >= 11 is 6.18. The summed E-state index contributed by atoms with van der Waals surface area (Å²) in [5.74, 6) is 0.999. The van der Waals surface area contributed by atoms with Gasteiger partial charge in [0.25, 0.3) is 0 Å². The van der Waals surface area contributed by atoms with E-state index in [2.05, 4.69) is 16.5 Å². The Morgan fingerprint density at radius 2 is 1.91 bits per heavy atom. The van der Waals surface area contributed by atoms with Crippen LogP contribution < -0.4 is 9.47 Å². The zero-order valence-corrected chi connectivity index (χ0v) is 21.5. The monoisotopic (exact) mass is 503 g/mol. The number of piperidine rings is 1. The molecule has 2 atom stereocenters. The number of allylic oxidation sites excluding steroid dienone is 4. The van der Waals surface area contributed by atoms with Gasteiger partial charge in [-0.25, -0.2) is 14.5 Å². The molecule has 0 radical (unpaired) electrons. The Kier molecular flexibility index (Phi) is 8.54. The first-order valence-corrected chi connectivity index (χ1v) is 11.8. The number of fused-ring (bicyclic) bond motifs is 2. The summed E-state index contributed by atoms with van der Waals surface area (Å²) in [5, 5.41) is 9.30. The number of hydrogen-bond donors (Lipinski definition) is 0. The van der Waals surface area contributed by atoms with Crippen molar-refractivity contribution in [3.8, 4) is 17.8 Å². The average Bonchev–Trinajstić information content (AvgIpc) is 2.78. The van der Waals surface area contributed by atoms with Crippen molar-refractivity contribution in [2.75, 3.05) is 33.4 Å². The van der Waals surface area contributed by atoms with Crippen molar-refractivity contribution in [1.82, 2.24) is 9.97 Å². The number of aromatic nitrogens is 2. The van der Waals surface area contributed by atoms with E-state index in [1.807, 2.05) is 27.0 Å². The highest BCUT2D eigenvalue weighted by molar-refractivity contribution is 6.29. The van der Waals surface area contributed by atoms with Gasteiger partial charge in [0, 0.05) is 5.57 Å². The van der Waals surface area contributed by atoms with Crippen LogP contribution in [0.3, 0.4) is 0 Å². The molecule has 0 saturated carbocycles. The van der Waals surface area contributed by atoms with Gasteiger partial charge in [-0.2, -0.15) is 10.1 Å². The molecule has 2 bridgehead atoms. The van der Waals surface area contributed by atoms with Gasteiger partial charge in [-0.05, 0) is 39.8 Å². The van der Waals surface area contributed by atoms with Crippen molar-refractivity contribution < 1.29 is 28.2 Å². The molecule has 2 aliphatic rings. The van der Waals surface area contributed by atoms with Crippen molar-refractivity contribution in [3.05, 3.63) is 47.0 Å². The van der Waals surface area contributed by atoms with Gasteiger partial charge in [-0.15, -0.1) is 0 Å². The lowest BCUT2D eigenvalue weighted by molar-refractivity contribution is -0.855. The standard InChI is InChI=1S/C25H32ClN4O5/c1-15(2)33-25(31)30(6)10-19-12-32-13-20(11-30)22(19)35-24-17(4)23(28-14-29-24)34-21(18(5)26)8-7-16(3)9-27/h7-8,14-15,19-20,22H,3,10-13H2,1-2,4-6H3/q+1. The van der Waals surface area contributed by atoms with E-state index in [0.717, 1.165) is 0 Å². The molecule has 35 heavy (non-hydrogen) atoms. The van der Waals surface area contributed by atoms with Crippen LogP contribution in [-0.2, 0) is 9.47 Å². The summed E-state index contributed by atoms with van der Waals surface area (Å²) in [5.41, 5.74) is 0.873. The van der Waals surface area contributed by atoms with Gasteiger partial charge in [0.15, 0.2) is 0 Å². The first-order chi connectivity index (χ1) is 16.5. The van der Waals surface area contributed by atoms with Crippen LogP contribution in [-0.4, -0.2) is 66.1 Å². The minimum Gasteiger partial charge on any atom is -0.473 e. The van der Waals surface area contributed by atoms with Crippen LogP contribution >= 0.6 is 11.6 Å². The first-order valence-electron chi connectivity index (χ1n) is 11.5. The number of likely N-dealkylation sites (tertiary alicyclic amines) is 1. The van der Waals surface area contributed by atoms with Crippen LogP contribution in [0.4, 0.5) is 4.79 Å². The Morgan fingerprint density at radius 3 is 2.49 bits per heavy atom. The summed E-state index contributed by atoms with van der Waals surface area (Å²) in [6.45, 7) is 12.9. The number of ether oxygens (including phenoxy) is 4. The number of nitrogens with zero attached hydrogens (tertiary/aromatic N) is 4. The van der Waals surface area contributed by atoms with Crippen molar-refractivity contribution in [1.29, 1.82) is 5.26 Å². The molecule has 1 aromatic rings. The molecule has 0 aliphatic carbocycles. The quantitative estimate of drug-likeness (QED) is 0.235. The van der Waals surface area contributed by atoms with Crippen LogP contribution in [0.1, 0.15) is 26.3 Å². The lowest BCUT2D eigenvalue weighted by Crippen LogP contribution is -2.66. The SMILES string of the molecule is C=C(C#N)C=CC(Oc1ncnc(OC2C3COCC2C[N+](C)(C(=O)OC(C)C)C3)c1C)=C(C)Cl. The van der Waals surface area contributed by atoms with E-state index >= 15 is 0 Å². The number of rotatable bonds is 7. The molecule has 2 saturated heterocycles. The minimum absolute atomic E-state index is 0.00795. The highest BCUT2D eigenvalue weighted by atomic mass is 35.5. The Hall–Kier alpha value is -2.93. The third-order valence-corrected chi connectivity index (χ3v) is 6.20. The summed E-state index contributed by atoms with van der Waals surface area (Å²) in [4.78, 5) is 21.4. The van der Waals surface area contributed by atoms with Crippen molar-refractivity contribution in [3.63, 3.8) is 0 Å². The zero-order valence-electron chi connectivity index (χ0n) is 20.8. The zero-order chi connectivity index (χ0) is 25.8. The van der Waals surface area contributed by atoms with Gasteiger partial charge in [0.1, 0.15) is 24.3 Å². The highest BCUT2D eigenvalue weighted by Gasteiger charge is 2.52. The largest absolute Gasteiger partial charge is 0.516 e. The normalized spacial score (nSPS) is 26.6. The van der Waals surface area contributed by atoms with Crippen LogP contribution in [0.25, 0.3) is 0 Å². The topological polar surface area (TPSA) is 104 Å². The molecule has 3 heterocycles. The molecule has 9 nitrogen and oxygen atoms in total. The number of carbonyl (C=O) groups is 1. The number of carbonyl (C=O) groups excluding carboxylic acids is 1. The molecule has 2 aliphatic heterocycles. The Bertz CT molecular complexity index is 1060. The molecular formula is C25H32ClN4O5+. The van der Waals surface area contributed by atoms with E-state index in [1.165, 1.54) is 12.4 Å². The Morgan fingerprint density at radius 1 is 1.29 bits per heavy atom. The van der Waals surface area contributed by atoms with Crippen LogP contribution in [0, 0.1) is 30.1 Å². The summed E-state index contributed by atoms with van der Waals surface area (Å²) < 4.78 is 23.8. The maximum Gasteiger partial charge on any atom is 0.516 e. The Balaban J connectivity index is 1.79. The molecular weight excluding hydrogens is 472 g/mol. The van der Waals surface area contributed by atoms with Gasteiger partial charge in [-0.1, -0.05) is 18.2 Å². The minimum atomic E-state index is -0.229. The van der Waals surface area contributed by atoms with Crippen LogP contribution in [0.2, 0.25) is 0 Å². The van der Waals surface area contributed by atoms with Gasteiger partial charge in [-0.3, -0.25) is 0 Å². The second-order valence-electron chi connectivity index (χ2n) is 9.41. The number of quaternary nitrogens is 1. The molecule has 0 aromatic carbocycles. The fourth-order valence-electron chi connectivity index (χ4n) is 4.35. The second-order valence-corrected chi connectivity index (χ2v) is 9.98.